The Morgan fingerprint density at radius 1 is 0.621 bits per heavy atom. The van der Waals surface area contributed by atoms with Crippen molar-refractivity contribution in [3.05, 3.63) is 135 Å². The molecule has 2 amide bonds. The van der Waals surface area contributed by atoms with Crippen LogP contribution in [-0.2, 0) is 9.59 Å². The summed E-state index contributed by atoms with van der Waals surface area (Å²) < 4.78 is 15.6. The van der Waals surface area contributed by atoms with Crippen molar-refractivity contribution in [1.82, 2.24) is 49.3 Å². The first-order chi connectivity index (χ1) is 32.3. The third-order valence-electron chi connectivity index (χ3n) is 11.7. The van der Waals surface area contributed by atoms with Crippen molar-refractivity contribution < 1.29 is 19.1 Å². The second-order valence-electron chi connectivity index (χ2n) is 15.8. The number of anilines is 2. The lowest BCUT2D eigenvalue weighted by Crippen LogP contribution is -2.40. The van der Waals surface area contributed by atoms with E-state index in [9.17, 15) is 9.59 Å². The molecule has 0 radical (unpaired) electrons. The summed E-state index contributed by atoms with van der Waals surface area (Å²) in [4.78, 5) is 44.8. The predicted octanol–water partition coefficient (Wildman–Crippen LogP) is 7.88. The maximum atomic E-state index is 12.1. The number of carbonyl (C=O) groups excluding carboxylic acids is 2. The van der Waals surface area contributed by atoms with Gasteiger partial charge >= 0.3 is 0 Å². The van der Waals surface area contributed by atoms with E-state index in [1.165, 1.54) is 18.7 Å². The highest BCUT2D eigenvalue weighted by Gasteiger charge is 2.29. The van der Waals surface area contributed by atoms with Crippen LogP contribution in [0.3, 0.4) is 0 Å². The Labute approximate surface area is 380 Å². The molecule has 16 nitrogen and oxygen atoms in total. The predicted molar refractivity (Wildman–Crippen MR) is 252 cm³/mol. The fourth-order valence-electron chi connectivity index (χ4n) is 8.41. The van der Waals surface area contributed by atoms with E-state index in [1.807, 2.05) is 123 Å². The monoisotopic (exact) mass is 878 g/mol. The molecule has 16 heteroatoms. The molecule has 1 atom stereocenters. The number of hydrogen-bond acceptors (Lipinski definition) is 12. The zero-order valence-corrected chi connectivity index (χ0v) is 36.0. The third kappa shape index (κ3) is 8.95. The number of benzene rings is 4. The molecule has 1 unspecified atom stereocenters. The minimum absolute atomic E-state index is 0.0381. The van der Waals surface area contributed by atoms with E-state index in [1.54, 1.807) is 4.90 Å². The van der Waals surface area contributed by atoms with Crippen molar-refractivity contribution in [2.75, 3.05) is 37.6 Å². The average molecular weight is 879 g/mol. The third-order valence-corrected chi connectivity index (χ3v) is 11.7. The van der Waals surface area contributed by atoms with Gasteiger partial charge in [-0.3, -0.25) is 9.59 Å². The smallest absolute Gasteiger partial charge is 0.298 e. The van der Waals surface area contributed by atoms with E-state index in [2.05, 4.69) is 32.4 Å². The summed E-state index contributed by atoms with van der Waals surface area (Å²) in [5, 5.41) is 11.2. The molecule has 4 aromatic carbocycles. The average Bonchev–Trinajstić information content (AvgIpc) is 3.96. The minimum atomic E-state index is -0.306. The topological polar surface area (TPSA) is 198 Å². The molecule has 6 heterocycles. The largest absolute Gasteiger partial charge is 0.457 e. The minimum Gasteiger partial charge on any atom is -0.457 e. The van der Waals surface area contributed by atoms with Gasteiger partial charge in [0.05, 0.1) is 22.9 Å². The fraction of sp³-hybridized carbons (Fsp3) is 0.200. The summed E-state index contributed by atoms with van der Waals surface area (Å²) in [6, 6.07) is 34.7. The van der Waals surface area contributed by atoms with Crippen LogP contribution in [0.25, 0.3) is 44.6 Å². The number of fused-ring (bicyclic) bond motifs is 2. The molecule has 0 spiro atoms. The van der Waals surface area contributed by atoms with E-state index >= 15 is 0 Å². The molecular formula is C50H46N12O4. The molecule has 2 aliphatic heterocycles. The zero-order chi connectivity index (χ0) is 45.6. The van der Waals surface area contributed by atoms with Gasteiger partial charge in [0.25, 0.3) is 5.91 Å². The molecule has 10 rings (SSSR count). The molecule has 66 heavy (non-hydrogen) atoms. The Bertz CT molecular complexity index is 3050. The number of carbonyl (C=O) groups is 2. The van der Waals surface area contributed by atoms with Crippen molar-refractivity contribution in [1.29, 1.82) is 0 Å². The zero-order valence-electron chi connectivity index (χ0n) is 36.0. The first-order valence-electron chi connectivity index (χ1n) is 21.6. The van der Waals surface area contributed by atoms with Crippen LogP contribution in [0.2, 0.25) is 0 Å². The number of nitrogen functional groups attached to an aromatic ring is 2. The number of rotatable bonds is 9. The summed E-state index contributed by atoms with van der Waals surface area (Å²) in [5.41, 5.74) is 17.0. The Balaban J connectivity index is 0.000000166. The Morgan fingerprint density at radius 3 is 1.56 bits per heavy atom. The van der Waals surface area contributed by atoms with Crippen LogP contribution in [-0.4, -0.2) is 87.3 Å². The highest BCUT2D eigenvalue weighted by molar-refractivity contribution is 5.99. The van der Waals surface area contributed by atoms with Gasteiger partial charge in [-0.2, -0.15) is 10.2 Å². The second kappa shape index (κ2) is 19.0. The summed E-state index contributed by atoms with van der Waals surface area (Å²) in [7, 11) is 0. The molecular weight excluding hydrogens is 833 g/mol. The summed E-state index contributed by atoms with van der Waals surface area (Å²) in [6.07, 6.45) is 12.8. The Morgan fingerprint density at radius 2 is 1.09 bits per heavy atom. The van der Waals surface area contributed by atoms with Crippen molar-refractivity contribution in [2.24, 2.45) is 0 Å². The van der Waals surface area contributed by atoms with Crippen LogP contribution in [0.4, 0.5) is 11.6 Å². The molecule has 4 aromatic heterocycles. The van der Waals surface area contributed by atoms with Crippen LogP contribution in [0.5, 0.6) is 23.0 Å². The summed E-state index contributed by atoms with van der Waals surface area (Å²) in [5.74, 6) is 5.61. The standard InChI is InChI=1S/C25H22N6O2.C25H24N6O2/c1-2-21(32)30-14-6-7-18(15-30)31-25-22(24(26)27-16-28-25)23(29-31)17-10-12-20(13-11-17)33-19-8-4-3-5-9-19;1-2-21(32)30-14-12-18(13-15-30)31-25-22(24(26)27-16-28-25)23(29-31)17-8-10-20(11-9-17)33-19-6-4-3-5-7-19/h1,3-5,8-13,16,18H,6-7,14-15H2,(H2,26,27,28);2-11,16,18H,1,12-15H2,(H2,26,27,28). The number of hydrogen-bond donors (Lipinski definition) is 2. The molecule has 2 saturated heterocycles. The van der Waals surface area contributed by atoms with E-state index in [0.717, 1.165) is 65.1 Å². The highest BCUT2D eigenvalue weighted by atomic mass is 16.5. The summed E-state index contributed by atoms with van der Waals surface area (Å²) >= 11 is 0. The first-order valence-corrected chi connectivity index (χ1v) is 21.6. The highest BCUT2D eigenvalue weighted by Crippen LogP contribution is 2.37. The van der Waals surface area contributed by atoms with Gasteiger partial charge < -0.3 is 30.7 Å². The fourth-order valence-corrected chi connectivity index (χ4v) is 8.41. The lowest BCUT2D eigenvalue weighted by Gasteiger charge is -2.31. The van der Waals surface area contributed by atoms with E-state index < -0.39 is 0 Å². The van der Waals surface area contributed by atoms with Crippen molar-refractivity contribution in [3.8, 4) is 57.9 Å². The van der Waals surface area contributed by atoms with Crippen LogP contribution in [0, 0.1) is 12.3 Å². The maximum absolute atomic E-state index is 12.1. The second-order valence-corrected chi connectivity index (χ2v) is 15.8. The Kier molecular flexibility index (Phi) is 12.3. The van der Waals surface area contributed by atoms with Gasteiger partial charge in [-0.1, -0.05) is 43.0 Å². The lowest BCUT2D eigenvalue weighted by atomic mass is 10.1. The number of para-hydroxylation sites is 2. The van der Waals surface area contributed by atoms with Crippen molar-refractivity contribution in [2.45, 2.75) is 37.8 Å². The van der Waals surface area contributed by atoms with E-state index in [-0.39, 0.29) is 23.9 Å². The summed E-state index contributed by atoms with van der Waals surface area (Å²) in [6.45, 7) is 6.01. The SMILES string of the molecule is C#CC(=O)N1CCCC(n2nc(-c3ccc(Oc4ccccc4)cc3)c3c(N)ncnc32)C1.C=CC(=O)N1CCC(n2nc(-c3ccc(Oc4ccccc4)cc3)c3c(N)ncnc32)CC1. The number of piperidine rings is 2. The molecule has 0 saturated carbocycles. The maximum Gasteiger partial charge on any atom is 0.298 e. The van der Waals surface area contributed by atoms with Gasteiger partial charge in [0.15, 0.2) is 11.3 Å². The van der Waals surface area contributed by atoms with E-state index in [0.29, 0.717) is 65.9 Å². The van der Waals surface area contributed by atoms with Gasteiger partial charge in [0.2, 0.25) is 5.91 Å². The van der Waals surface area contributed by atoms with Crippen LogP contribution in [0.15, 0.2) is 135 Å². The van der Waals surface area contributed by atoms with Gasteiger partial charge in [0, 0.05) is 37.3 Å². The number of likely N-dealkylation sites (tertiary alicyclic amines) is 2. The molecule has 8 aromatic rings. The number of terminal acetylenes is 1. The molecule has 0 bridgehead atoms. The normalized spacial score (nSPS) is 15.1. The first kappa shape index (κ1) is 42.7. The van der Waals surface area contributed by atoms with Crippen LogP contribution < -0.4 is 20.9 Å². The quantitative estimate of drug-likeness (QED) is 0.105. The number of nitrogens with two attached hydrogens (primary N) is 2. The van der Waals surface area contributed by atoms with Crippen molar-refractivity contribution in [3.63, 3.8) is 0 Å². The molecule has 0 aliphatic carbocycles. The van der Waals surface area contributed by atoms with Gasteiger partial charge in [-0.15, -0.1) is 6.42 Å². The van der Waals surface area contributed by atoms with Crippen LogP contribution >= 0.6 is 0 Å². The van der Waals surface area contributed by atoms with Gasteiger partial charge in [-0.05, 0) is 110 Å². The lowest BCUT2D eigenvalue weighted by molar-refractivity contribution is -0.127. The molecule has 4 N–H and O–H groups in total. The van der Waals surface area contributed by atoms with Crippen molar-refractivity contribution >= 4 is 45.5 Å². The molecule has 2 fully saturated rings. The van der Waals surface area contributed by atoms with E-state index in [4.69, 9.17) is 37.6 Å². The van der Waals surface area contributed by atoms with Gasteiger partial charge in [0.1, 0.15) is 58.7 Å². The number of aromatic nitrogens is 8. The number of amides is 2. The molecule has 2 aliphatic rings. The number of ether oxygens (including phenoxy) is 2. The number of nitrogens with zero attached hydrogens (tertiary/aromatic N) is 10. The molecule has 330 valence electrons. The van der Waals surface area contributed by atoms with Gasteiger partial charge in [-0.25, -0.2) is 29.3 Å². The Hall–Kier alpha value is -8.58. The van der Waals surface area contributed by atoms with Crippen LogP contribution in [0.1, 0.15) is 37.8 Å².